The number of hydrogen-bond donors (Lipinski definition) is 1. The molecule has 4 heteroatoms. The molecular weight excluding hydrogens is 264 g/mol. The number of hydrogen-bond acceptors (Lipinski definition) is 2. The lowest BCUT2D eigenvalue weighted by atomic mass is 9.96. The number of nitrogens with zero attached hydrogens (tertiary/aromatic N) is 1. The first-order chi connectivity index (χ1) is 9.97. The van der Waals surface area contributed by atoms with Gasteiger partial charge >= 0.3 is 0 Å². The van der Waals surface area contributed by atoms with Gasteiger partial charge in [0.15, 0.2) is 0 Å². The van der Waals surface area contributed by atoms with Crippen molar-refractivity contribution in [1.29, 1.82) is 0 Å². The molecule has 1 N–H and O–H groups in total. The average Bonchev–Trinajstić information content (AvgIpc) is 2.65. The third-order valence-corrected chi connectivity index (χ3v) is 4.30. The Morgan fingerprint density at radius 2 is 2.19 bits per heavy atom. The van der Waals surface area contributed by atoms with Gasteiger partial charge in [0, 0.05) is 18.7 Å². The van der Waals surface area contributed by atoms with Crippen molar-refractivity contribution in [2.75, 3.05) is 16.8 Å². The molecule has 112 valence electrons. The van der Waals surface area contributed by atoms with E-state index in [1.807, 2.05) is 37.8 Å². The van der Waals surface area contributed by atoms with Crippen LogP contribution in [0.1, 0.15) is 50.7 Å². The Balaban J connectivity index is 1.93. The highest BCUT2D eigenvalue weighted by molar-refractivity contribution is 6.06. The van der Waals surface area contributed by atoms with Crippen molar-refractivity contribution in [3.8, 4) is 0 Å². The summed E-state index contributed by atoms with van der Waals surface area (Å²) in [6.07, 6.45) is 2.49. The Bertz CT molecular complexity index is 607. The Morgan fingerprint density at radius 1 is 1.43 bits per heavy atom. The van der Waals surface area contributed by atoms with Crippen LogP contribution in [0, 0.1) is 5.92 Å². The number of carbonyl (C=O) groups excluding carboxylic acids is 2. The van der Waals surface area contributed by atoms with E-state index in [0.717, 1.165) is 36.3 Å². The molecule has 21 heavy (non-hydrogen) atoms. The van der Waals surface area contributed by atoms with Gasteiger partial charge in [0.2, 0.25) is 11.8 Å². The summed E-state index contributed by atoms with van der Waals surface area (Å²) < 4.78 is 0. The molecule has 0 spiro atoms. The summed E-state index contributed by atoms with van der Waals surface area (Å²) in [5.41, 5.74) is 4.19. The smallest absolute Gasteiger partial charge is 0.234 e. The highest BCUT2D eigenvalue weighted by atomic mass is 16.2. The molecule has 3 rings (SSSR count). The molecule has 2 aliphatic heterocycles. The van der Waals surface area contributed by atoms with E-state index in [1.165, 1.54) is 5.56 Å². The van der Waals surface area contributed by atoms with Crippen LogP contribution in [0.3, 0.4) is 0 Å². The largest absolute Gasteiger partial charge is 0.326 e. The van der Waals surface area contributed by atoms with Crippen LogP contribution in [0.5, 0.6) is 0 Å². The SMILES string of the molecule is CC(C)CC(=O)Nc1cc2c3c(c1)[C@H](C)C(=O)N3CCC2. The summed E-state index contributed by atoms with van der Waals surface area (Å²) >= 11 is 0. The molecule has 0 bridgehead atoms. The van der Waals surface area contributed by atoms with Crippen LogP contribution in [0.2, 0.25) is 0 Å². The van der Waals surface area contributed by atoms with Gasteiger partial charge in [-0.2, -0.15) is 0 Å². The van der Waals surface area contributed by atoms with Crippen molar-refractivity contribution in [3.05, 3.63) is 23.3 Å². The monoisotopic (exact) mass is 286 g/mol. The molecule has 1 aromatic rings. The van der Waals surface area contributed by atoms with Gasteiger partial charge in [0.05, 0.1) is 11.6 Å². The Labute approximate surface area is 125 Å². The van der Waals surface area contributed by atoms with Gasteiger partial charge in [-0.3, -0.25) is 9.59 Å². The first kappa shape index (κ1) is 14.1. The van der Waals surface area contributed by atoms with E-state index in [4.69, 9.17) is 0 Å². The van der Waals surface area contributed by atoms with Crippen LogP contribution in [-0.4, -0.2) is 18.4 Å². The Morgan fingerprint density at radius 3 is 2.90 bits per heavy atom. The van der Waals surface area contributed by atoms with Gasteiger partial charge in [-0.25, -0.2) is 0 Å². The van der Waals surface area contributed by atoms with E-state index >= 15 is 0 Å². The summed E-state index contributed by atoms with van der Waals surface area (Å²) in [6.45, 7) is 6.84. The van der Waals surface area contributed by atoms with Gasteiger partial charge in [0.25, 0.3) is 0 Å². The predicted octanol–water partition coefficient (Wildman–Crippen LogP) is 3.07. The molecule has 0 saturated carbocycles. The molecule has 1 atom stereocenters. The van der Waals surface area contributed by atoms with Crippen LogP contribution >= 0.6 is 0 Å². The minimum atomic E-state index is -0.0983. The maximum Gasteiger partial charge on any atom is 0.234 e. The van der Waals surface area contributed by atoms with Crippen molar-refractivity contribution in [2.45, 2.75) is 46.0 Å². The van der Waals surface area contributed by atoms with E-state index in [-0.39, 0.29) is 17.7 Å². The highest BCUT2D eigenvalue weighted by Crippen LogP contribution is 2.44. The van der Waals surface area contributed by atoms with Crippen molar-refractivity contribution < 1.29 is 9.59 Å². The zero-order chi connectivity index (χ0) is 15.1. The van der Waals surface area contributed by atoms with E-state index in [9.17, 15) is 9.59 Å². The lowest BCUT2D eigenvalue weighted by Gasteiger charge is -2.26. The van der Waals surface area contributed by atoms with E-state index < -0.39 is 0 Å². The maximum absolute atomic E-state index is 12.3. The number of aryl methyl sites for hydroxylation is 1. The number of anilines is 2. The molecule has 0 aliphatic carbocycles. The van der Waals surface area contributed by atoms with E-state index in [2.05, 4.69) is 5.32 Å². The molecule has 2 aliphatic rings. The molecule has 0 radical (unpaired) electrons. The fraction of sp³-hybridized carbons (Fsp3) is 0.529. The van der Waals surface area contributed by atoms with Crippen LogP contribution in [0.15, 0.2) is 12.1 Å². The standard InChI is InChI=1S/C17H22N2O2/c1-10(2)7-15(20)18-13-8-12-5-4-6-19-16(12)14(9-13)11(3)17(19)21/h8-11H,4-7H2,1-3H3,(H,18,20)/t11-/m0/s1. The topological polar surface area (TPSA) is 49.4 Å². The predicted molar refractivity (Wildman–Crippen MR) is 83.6 cm³/mol. The van der Waals surface area contributed by atoms with Gasteiger partial charge in [0.1, 0.15) is 0 Å². The molecular formula is C17H22N2O2. The number of benzene rings is 1. The van der Waals surface area contributed by atoms with E-state index in [0.29, 0.717) is 12.3 Å². The number of amides is 2. The molecule has 0 unspecified atom stereocenters. The minimum Gasteiger partial charge on any atom is -0.326 e. The van der Waals surface area contributed by atoms with Gasteiger partial charge < -0.3 is 10.2 Å². The molecule has 4 nitrogen and oxygen atoms in total. The second kappa shape index (κ2) is 5.17. The third kappa shape index (κ3) is 2.43. The lowest BCUT2D eigenvalue weighted by Crippen LogP contribution is -2.32. The van der Waals surface area contributed by atoms with Gasteiger partial charge in [-0.1, -0.05) is 13.8 Å². The number of rotatable bonds is 3. The van der Waals surface area contributed by atoms with Crippen LogP contribution in [-0.2, 0) is 16.0 Å². The molecule has 2 amide bonds. The molecule has 1 aromatic carbocycles. The van der Waals surface area contributed by atoms with Crippen molar-refractivity contribution in [1.82, 2.24) is 0 Å². The van der Waals surface area contributed by atoms with Crippen LogP contribution in [0.4, 0.5) is 11.4 Å². The van der Waals surface area contributed by atoms with Gasteiger partial charge in [-0.15, -0.1) is 0 Å². The zero-order valence-corrected chi connectivity index (χ0v) is 12.9. The zero-order valence-electron chi connectivity index (χ0n) is 12.9. The average molecular weight is 286 g/mol. The Hall–Kier alpha value is -1.84. The quantitative estimate of drug-likeness (QED) is 0.928. The summed E-state index contributed by atoms with van der Waals surface area (Å²) in [6, 6.07) is 4.01. The second-order valence-electron chi connectivity index (χ2n) is 6.53. The van der Waals surface area contributed by atoms with Crippen LogP contribution < -0.4 is 10.2 Å². The second-order valence-corrected chi connectivity index (χ2v) is 6.53. The van der Waals surface area contributed by atoms with E-state index in [1.54, 1.807) is 0 Å². The normalized spacial score (nSPS) is 19.9. The summed E-state index contributed by atoms with van der Waals surface area (Å²) in [4.78, 5) is 26.2. The first-order valence-electron chi connectivity index (χ1n) is 7.75. The minimum absolute atomic E-state index is 0.0433. The van der Waals surface area contributed by atoms with Gasteiger partial charge in [-0.05, 0) is 48.9 Å². The number of carbonyl (C=O) groups is 2. The van der Waals surface area contributed by atoms with Crippen molar-refractivity contribution in [2.24, 2.45) is 5.92 Å². The molecule has 0 saturated heterocycles. The number of nitrogens with one attached hydrogen (secondary N) is 1. The fourth-order valence-corrected chi connectivity index (χ4v) is 3.35. The Kier molecular flexibility index (Phi) is 3.47. The summed E-state index contributed by atoms with van der Waals surface area (Å²) in [5.74, 6) is 0.478. The third-order valence-electron chi connectivity index (χ3n) is 4.30. The van der Waals surface area contributed by atoms with Crippen LogP contribution in [0.25, 0.3) is 0 Å². The summed E-state index contributed by atoms with van der Waals surface area (Å²) in [5, 5.41) is 2.98. The molecule has 2 heterocycles. The molecule has 0 fully saturated rings. The maximum atomic E-state index is 12.3. The van der Waals surface area contributed by atoms with Crippen molar-refractivity contribution >= 4 is 23.2 Å². The highest BCUT2D eigenvalue weighted by Gasteiger charge is 2.37. The molecule has 0 aromatic heterocycles. The first-order valence-corrected chi connectivity index (χ1v) is 7.75. The summed E-state index contributed by atoms with van der Waals surface area (Å²) in [7, 11) is 0. The van der Waals surface area contributed by atoms with Crippen molar-refractivity contribution in [3.63, 3.8) is 0 Å². The lowest BCUT2D eigenvalue weighted by molar-refractivity contribution is -0.119. The fourth-order valence-electron chi connectivity index (χ4n) is 3.35.